The van der Waals surface area contributed by atoms with Crippen molar-refractivity contribution in [1.29, 1.82) is 0 Å². The first-order valence-corrected chi connectivity index (χ1v) is 19.0. The number of rotatable bonds is 6. The first-order chi connectivity index (χ1) is 27.7. The number of aromatic nitrogens is 1. The lowest BCUT2D eigenvalue weighted by Crippen LogP contribution is -1.99. The van der Waals surface area contributed by atoms with Crippen LogP contribution in [0.1, 0.15) is 5.56 Å². The van der Waals surface area contributed by atoms with Crippen LogP contribution in [0.15, 0.2) is 218 Å². The van der Waals surface area contributed by atoms with Crippen molar-refractivity contribution in [3.63, 3.8) is 0 Å². The number of fused-ring (bicyclic) bond motifs is 10. The van der Waals surface area contributed by atoms with Crippen molar-refractivity contribution >= 4 is 70.9 Å². The third kappa shape index (κ3) is 5.51. The lowest BCUT2D eigenvalue weighted by molar-refractivity contribution is 0.670. The topological polar surface area (TPSA) is 18.1 Å². The summed E-state index contributed by atoms with van der Waals surface area (Å²) in [6.07, 6.45) is 5.74. The first kappa shape index (κ1) is 33.2. The molecule has 0 atom stereocenters. The largest absolute Gasteiger partial charge is 0.455 e. The van der Waals surface area contributed by atoms with Gasteiger partial charge in [0.25, 0.3) is 0 Å². The average molecular weight is 716 g/mol. The van der Waals surface area contributed by atoms with E-state index in [1.54, 1.807) is 0 Å². The second-order valence-electron chi connectivity index (χ2n) is 14.1. The summed E-state index contributed by atoms with van der Waals surface area (Å²) in [6.45, 7) is 8.13. The molecule has 0 spiro atoms. The van der Waals surface area contributed by atoms with Crippen LogP contribution in [0, 0.1) is 0 Å². The summed E-state index contributed by atoms with van der Waals surface area (Å²) < 4.78 is 8.89. The second kappa shape index (κ2) is 13.8. The predicted octanol–water partition coefficient (Wildman–Crippen LogP) is 15.2. The molecule has 2 nitrogen and oxygen atoms in total. The van der Waals surface area contributed by atoms with Crippen LogP contribution in [0.2, 0.25) is 0 Å². The van der Waals surface area contributed by atoms with Gasteiger partial charge in [0.05, 0.1) is 11.0 Å². The third-order valence-corrected chi connectivity index (χ3v) is 11.0. The fourth-order valence-corrected chi connectivity index (χ4v) is 8.37. The highest BCUT2D eigenvalue weighted by atomic mass is 16.3. The van der Waals surface area contributed by atoms with Crippen LogP contribution < -0.4 is 0 Å². The summed E-state index contributed by atoms with van der Waals surface area (Å²) in [5.74, 6) is 0. The second-order valence-corrected chi connectivity index (χ2v) is 14.1. The Labute approximate surface area is 325 Å². The van der Waals surface area contributed by atoms with Gasteiger partial charge in [0.2, 0.25) is 0 Å². The van der Waals surface area contributed by atoms with E-state index < -0.39 is 0 Å². The van der Waals surface area contributed by atoms with E-state index >= 15 is 0 Å². The summed E-state index contributed by atoms with van der Waals surface area (Å²) in [5.41, 5.74) is 11.6. The Bertz CT molecular complexity index is 3270. The maximum absolute atomic E-state index is 6.46. The smallest absolute Gasteiger partial charge is 0.143 e. The third-order valence-electron chi connectivity index (χ3n) is 11.0. The Balaban J connectivity index is 1.34. The molecule has 264 valence electrons. The van der Waals surface area contributed by atoms with Gasteiger partial charge in [-0.25, -0.2) is 0 Å². The number of furan rings is 1. The van der Waals surface area contributed by atoms with Gasteiger partial charge in [-0.05, 0) is 91.8 Å². The van der Waals surface area contributed by atoms with E-state index in [-0.39, 0.29) is 0 Å². The number of benzene rings is 8. The highest BCUT2D eigenvalue weighted by molar-refractivity contribution is 6.20. The van der Waals surface area contributed by atoms with Gasteiger partial charge in [0.15, 0.2) is 0 Å². The number of hydrogen-bond acceptors (Lipinski definition) is 1. The number of allylic oxidation sites excluding steroid dienone is 4. The molecule has 0 radical (unpaired) electrons. The maximum Gasteiger partial charge on any atom is 0.143 e. The molecular formula is C54H37NO. The van der Waals surface area contributed by atoms with Gasteiger partial charge < -0.3 is 8.98 Å². The van der Waals surface area contributed by atoms with Crippen LogP contribution in [0.3, 0.4) is 0 Å². The van der Waals surface area contributed by atoms with Crippen molar-refractivity contribution < 1.29 is 4.42 Å². The number of nitrogens with zero attached hydrogens (tertiary/aromatic N) is 1. The molecular weight excluding hydrogens is 679 g/mol. The molecule has 10 aromatic rings. The molecule has 0 aliphatic rings. The van der Waals surface area contributed by atoms with E-state index in [1.807, 2.05) is 30.4 Å². The molecule has 2 heteroatoms. The summed E-state index contributed by atoms with van der Waals surface area (Å²) in [7, 11) is 0. The van der Waals surface area contributed by atoms with Crippen molar-refractivity contribution in [1.82, 2.24) is 4.57 Å². The van der Waals surface area contributed by atoms with Gasteiger partial charge in [-0.3, -0.25) is 0 Å². The van der Waals surface area contributed by atoms with Gasteiger partial charge in [-0.15, -0.1) is 0 Å². The van der Waals surface area contributed by atoms with E-state index in [4.69, 9.17) is 4.42 Å². The molecule has 0 fully saturated rings. The van der Waals surface area contributed by atoms with E-state index in [0.717, 1.165) is 77.1 Å². The summed E-state index contributed by atoms with van der Waals surface area (Å²) in [4.78, 5) is 0. The first-order valence-electron chi connectivity index (χ1n) is 19.0. The monoisotopic (exact) mass is 715 g/mol. The van der Waals surface area contributed by atoms with E-state index in [1.165, 1.54) is 27.3 Å². The zero-order chi connectivity index (χ0) is 37.6. The molecule has 0 amide bonds. The van der Waals surface area contributed by atoms with Crippen molar-refractivity contribution in [3.8, 4) is 27.9 Å². The highest BCUT2D eigenvalue weighted by Crippen LogP contribution is 2.39. The molecule has 0 bridgehead atoms. The quantitative estimate of drug-likeness (QED) is 0.157. The van der Waals surface area contributed by atoms with Crippen molar-refractivity contribution in [2.45, 2.75) is 0 Å². The SMILES string of the molecule is C=C/C=C(\C=C)c1ccc2c(c1)c1ccccc1c1ccccc1c1cc(-c3ccccc3)ccc1n2-c1ccc(-c2cccc3c2oc2ccccc23)cc1. The number of hydrogen-bond donors (Lipinski definition) is 0. The van der Waals surface area contributed by atoms with Crippen molar-refractivity contribution in [2.75, 3.05) is 0 Å². The highest BCUT2D eigenvalue weighted by Gasteiger charge is 2.15. The normalized spacial score (nSPS) is 11.8. The molecule has 0 aliphatic heterocycles. The van der Waals surface area contributed by atoms with Crippen molar-refractivity contribution in [3.05, 3.63) is 219 Å². The fourth-order valence-electron chi connectivity index (χ4n) is 8.37. The summed E-state index contributed by atoms with van der Waals surface area (Å²) in [5, 5.41) is 9.24. The molecule has 2 heterocycles. The summed E-state index contributed by atoms with van der Waals surface area (Å²) >= 11 is 0. The lowest BCUT2D eigenvalue weighted by Gasteiger charge is -2.16. The predicted molar refractivity (Wildman–Crippen MR) is 240 cm³/mol. The van der Waals surface area contributed by atoms with Gasteiger partial charge in [0.1, 0.15) is 11.2 Å². The minimum Gasteiger partial charge on any atom is -0.455 e. The van der Waals surface area contributed by atoms with Crippen LogP contribution in [-0.4, -0.2) is 4.57 Å². The fraction of sp³-hybridized carbons (Fsp3) is 0. The van der Waals surface area contributed by atoms with Crippen LogP contribution in [0.25, 0.3) is 98.8 Å². The Kier molecular flexibility index (Phi) is 8.16. The molecule has 0 unspecified atom stereocenters. The molecule has 8 aromatic carbocycles. The Morgan fingerprint density at radius 3 is 1.70 bits per heavy atom. The molecule has 56 heavy (non-hydrogen) atoms. The lowest BCUT2D eigenvalue weighted by atomic mass is 9.98. The zero-order valence-corrected chi connectivity index (χ0v) is 30.8. The molecule has 0 N–H and O–H groups in total. The van der Waals surface area contributed by atoms with Crippen LogP contribution in [-0.2, 0) is 0 Å². The molecule has 2 aromatic heterocycles. The van der Waals surface area contributed by atoms with E-state index in [9.17, 15) is 0 Å². The van der Waals surface area contributed by atoms with Gasteiger partial charge >= 0.3 is 0 Å². The van der Waals surface area contributed by atoms with Crippen LogP contribution in [0.5, 0.6) is 0 Å². The maximum atomic E-state index is 6.46. The minimum absolute atomic E-state index is 0.897. The van der Waals surface area contributed by atoms with Gasteiger partial charge in [-0.1, -0.05) is 171 Å². The Hall–Kier alpha value is -7.42. The molecule has 0 aliphatic carbocycles. The Morgan fingerprint density at radius 2 is 1.02 bits per heavy atom. The van der Waals surface area contributed by atoms with E-state index in [0.29, 0.717) is 0 Å². The number of para-hydroxylation sites is 2. The van der Waals surface area contributed by atoms with E-state index in [2.05, 4.69) is 188 Å². The zero-order valence-electron chi connectivity index (χ0n) is 30.8. The minimum atomic E-state index is 0.897. The average Bonchev–Trinajstić information content (AvgIpc) is 3.66. The van der Waals surface area contributed by atoms with Crippen molar-refractivity contribution in [2.24, 2.45) is 0 Å². The molecule has 0 saturated carbocycles. The molecule has 0 saturated heterocycles. The molecule has 10 rings (SSSR count). The van der Waals surface area contributed by atoms with Crippen LogP contribution >= 0.6 is 0 Å². The Morgan fingerprint density at radius 1 is 0.446 bits per heavy atom. The van der Waals surface area contributed by atoms with Gasteiger partial charge in [-0.2, -0.15) is 0 Å². The standard InChI is InChI=1S/C54H37NO/c1-3-15-36(4-2)39-28-32-51-49(34-39)45-20-10-8-18-43(45)44-19-9-11-21-46(44)50-35-40(37-16-6-5-7-17-37)29-33-52(50)55(51)41-30-26-38(27-31-41)42-23-14-24-48-47-22-12-13-25-53(47)56-54(42)48/h3-35H,1-2H2/b36-15+. The van der Waals surface area contributed by atoms with Gasteiger partial charge in [0, 0.05) is 32.8 Å². The summed E-state index contributed by atoms with van der Waals surface area (Å²) in [6, 6.07) is 65.5. The van der Waals surface area contributed by atoms with Crippen LogP contribution in [0.4, 0.5) is 0 Å².